The maximum absolute atomic E-state index is 13.0. The Morgan fingerprint density at radius 3 is 2.50 bits per heavy atom. The molecular weight excluding hydrogens is 396 g/mol. The first-order chi connectivity index (χ1) is 13.2. The zero-order chi connectivity index (χ0) is 20.3. The number of oxazole rings is 1. The number of anilines is 1. The molecule has 0 saturated heterocycles. The first-order valence-corrected chi connectivity index (χ1v) is 8.97. The van der Waals surface area contributed by atoms with Crippen LogP contribution in [-0.4, -0.2) is 16.1 Å². The molecule has 9 heteroatoms. The lowest BCUT2D eigenvalue weighted by molar-refractivity contribution is -0.137. The molecule has 0 fully saturated rings. The highest BCUT2D eigenvalue weighted by molar-refractivity contribution is 8.00. The van der Waals surface area contributed by atoms with Gasteiger partial charge in [0.05, 0.1) is 22.7 Å². The lowest BCUT2D eigenvalue weighted by Crippen LogP contribution is -2.24. The van der Waals surface area contributed by atoms with Gasteiger partial charge in [0.25, 0.3) is 5.22 Å². The van der Waals surface area contributed by atoms with Crippen LogP contribution in [-0.2, 0) is 11.0 Å². The Labute approximate surface area is 162 Å². The molecule has 0 saturated carbocycles. The summed E-state index contributed by atoms with van der Waals surface area (Å²) in [4.78, 5) is 16.3. The third kappa shape index (κ3) is 4.72. The molecule has 28 heavy (non-hydrogen) atoms. The number of aromatic nitrogens is 1. The van der Waals surface area contributed by atoms with E-state index in [1.807, 2.05) is 0 Å². The predicted octanol–water partition coefficient (Wildman–Crippen LogP) is 5.62. The van der Waals surface area contributed by atoms with Crippen LogP contribution in [0.5, 0.6) is 0 Å². The summed E-state index contributed by atoms with van der Waals surface area (Å²) in [6.07, 6.45) is -3.15. The smallest absolute Gasteiger partial charge is 0.418 e. The lowest BCUT2D eigenvalue weighted by Gasteiger charge is -2.15. The van der Waals surface area contributed by atoms with Crippen molar-refractivity contribution in [2.75, 3.05) is 5.32 Å². The van der Waals surface area contributed by atoms with Crippen LogP contribution in [0.2, 0.25) is 0 Å². The number of hydrogen-bond donors (Lipinski definition) is 1. The van der Waals surface area contributed by atoms with E-state index in [-0.39, 0.29) is 16.7 Å². The normalized spacial score (nSPS) is 12.6. The van der Waals surface area contributed by atoms with Gasteiger partial charge < -0.3 is 9.73 Å². The van der Waals surface area contributed by atoms with Gasteiger partial charge in [0.1, 0.15) is 5.82 Å². The van der Waals surface area contributed by atoms with Crippen molar-refractivity contribution < 1.29 is 26.8 Å². The second-order valence-electron chi connectivity index (χ2n) is 5.79. The number of nitrogens with one attached hydrogen (secondary N) is 1. The van der Waals surface area contributed by atoms with Gasteiger partial charge in [0, 0.05) is 5.56 Å². The SMILES string of the molecule is CC(Sc1ncc(-c2ccc(F)cc2)o1)C(=O)Nc1ccccc1C(F)(F)F. The molecule has 1 aromatic heterocycles. The Morgan fingerprint density at radius 2 is 1.82 bits per heavy atom. The topological polar surface area (TPSA) is 55.1 Å². The van der Waals surface area contributed by atoms with Gasteiger partial charge in [0.2, 0.25) is 5.91 Å². The van der Waals surface area contributed by atoms with Crippen molar-refractivity contribution in [3.63, 3.8) is 0 Å². The second kappa shape index (κ2) is 8.05. The molecule has 0 aliphatic rings. The maximum atomic E-state index is 13.0. The Bertz CT molecular complexity index is 971. The molecule has 1 unspecified atom stereocenters. The molecule has 4 nitrogen and oxygen atoms in total. The number of amides is 1. The maximum Gasteiger partial charge on any atom is 0.418 e. The minimum atomic E-state index is -4.58. The fourth-order valence-electron chi connectivity index (χ4n) is 2.34. The van der Waals surface area contributed by atoms with Gasteiger partial charge in [0.15, 0.2) is 5.76 Å². The van der Waals surface area contributed by atoms with Crippen molar-refractivity contribution in [1.82, 2.24) is 4.98 Å². The summed E-state index contributed by atoms with van der Waals surface area (Å²) < 4.78 is 57.6. The van der Waals surface area contributed by atoms with E-state index in [0.29, 0.717) is 11.3 Å². The number of rotatable bonds is 5. The average Bonchev–Trinajstić information content (AvgIpc) is 3.10. The molecular formula is C19H14F4N2O2S. The Kier molecular flexibility index (Phi) is 5.73. The van der Waals surface area contributed by atoms with Crippen LogP contribution in [0.4, 0.5) is 23.2 Å². The van der Waals surface area contributed by atoms with E-state index in [0.717, 1.165) is 17.8 Å². The molecule has 0 aliphatic carbocycles. The highest BCUT2D eigenvalue weighted by atomic mass is 32.2. The number of carbonyl (C=O) groups is 1. The van der Waals surface area contributed by atoms with Crippen LogP contribution in [0.1, 0.15) is 12.5 Å². The van der Waals surface area contributed by atoms with E-state index in [2.05, 4.69) is 10.3 Å². The minimum Gasteiger partial charge on any atom is -0.431 e. The van der Waals surface area contributed by atoms with Crippen molar-refractivity contribution in [1.29, 1.82) is 0 Å². The molecule has 3 aromatic rings. The van der Waals surface area contributed by atoms with Crippen molar-refractivity contribution in [2.45, 2.75) is 23.6 Å². The van der Waals surface area contributed by atoms with Crippen molar-refractivity contribution >= 4 is 23.4 Å². The predicted molar refractivity (Wildman–Crippen MR) is 97.3 cm³/mol. The van der Waals surface area contributed by atoms with Crippen LogP contribution in [0.25, 0.3) is 11.3 Å². The largest absolute Gasteiger partial charge is 0.431 e. The molecule has 1 amide bonds. The van der Waals surface area contributed by atoms with Gasteiger partial charge in [-0.1, -0.05) is 23.9 Å². The zero-order valence-electron chi connectivity index (χ0n) is 14.5. The number of thioether (sulfide) groups is 1. The van der Waals surface area contributed by atoms with E-state index < -0.39 is 22.9 Å². The molecule has 3 rings (SSSR count). The Morgan fingerprint density at radius 1 is 1.14 bits per heavy atom. The van der Waals surface area contributed by atoms with E-state index in [9.17, 15) is 22.4 Å². The van der Waals surface area contributed by atoms with E-state index in [1.165, 1.54) is 55.6 Å². The van der Waals surface area contributed by atoms with E-state index in [4.69, 9.17) is 4.42 Å². The highest BCUT2D eigenvalue weighted by Gasteiger charge is 2.34. The fourth-order valence-corrected chi connectivity index (χ4v) is 3.06. The van der Waals surface area contributed by atoms with E-state index in [1.54, 1.807) is 0 Å². The summed E-state index contributed by atoms with van der Waals surface area (Å²) in [7, 11) is 0. The monoisotopic (exact) mass is 410 g/mol. The van der Waals surface area contributed by atoms with Gasteiger partial charge in [-0.25, -0.2) is 9.37 Å². The van der Waals surface area contributed by atoms with Gasteiger partial charge in [-0.3, -0.25) is 4.79 Å². The zero-order valence-corrected chi connectivity index (χ0v) is 15.3. The van der Waals surface area contributed by atoms with Crippen LogP contribution < -0.4 is 5.32 Å². The van der Waals surface area contributed by atoms with Crippen LogP contribution >= 0.6 is 11.8 Å². The summed E-state index contributed by atoms with van der Waals surface area (Å²) in [6.45, 7) is 1.53. The molecule has 0 aliphatic heterocycles. The summed E-state index contributed by atoms with van der Waals surface area (Å²) in [5.74, 6) is -0.622. The lowest BCUT2D eigenvalue weighted by atomic mass is 10.1. The molecule has 2 aromatic carbocycles. The second-order valence-corrected chi connectivity index (χ2v) is 7.08. The van der Waals surface area contributed by atoms with Crippen LogP contribution in [0.3, 0.4) is 0 Å². The van der Waals surface area contributed by atoms with Crippen LogP contribution in [0, 0.1) is 5.82 Å². The van der Waals surface area contributed by atoms with Gasteiger partial charge in [-0.2, -0.15) is 13.2 Å². The molecule has 1 atom stereocenters. The first kappa shape index (κ1) is 19.9. The van der Waals surface area contributed by atoms with Crippen molar-refractivity contribution in [3.05, 3.63) is 66.1 Å². The van der Waals surface area contributed by atoms with Gasteiger partial charge in [-0.05, 0) is 43.3 Å². The summed E-state index contributed by atoms with van der Waals surface area (Å²) >= 11 is 0.958. The molecule has 1 N–H and O–H groups in total. The number of alkyl halides is 3. The fraction of sp³-hybridized carbons (Fsp3) is 0.158. The number of hydrogen-bond acceptors (Lipinski definition) is 4. The third-order valence-corrected chi connectivity index (χ3v) is 4.71. The third-order valence-electron chi connectivity index (χ3n) is 3.75. The molecule has 0 spiro atoms. The van der Waals surface area contributed by atoms with Crippen LogP contribution in [0.15, 0.2) is 64.4 Å². The summed E-state index contributed by atoms with van der Waals surface area (Å²) in [6, 6.07) is 10.3. The summed E-state index contributed by atoms with van der Waals surface area (Å²) in [5.41, 5.74) is -0.626. The average molecular weight is 410 g/mol. The standard InChI is InChI=1S/C19H14F4N2O2S/c1-11(17(26)25-15-5-3-2-4-14(15)19(21,22)23)28-18-24-10-16(27-18)12-6-8-13(20)9-7-12/h2-11H,1H3,(H,25,26). The minimum absolute atomic E-state index is 0.172. The molecule has 146 valence electrons. The van der Waals surface area contributed by atoms with E-state index >= 15 is 0 Å². The van der Waals surface area contributed by atoms with Crippen molar-refractivity contribution in [2.24, 2.45) is 0 Å². The number of benzene rings is 2. The number of para-hydroxylation sites is 1. The number of nitrogens with zero attached hydrogens (tertiary/aromatic N) is 1. The first-order valence-electron chi connectivity index (χ1n) is 8.09. The Hall–Kier alpha value is -2.81. The molecule has 0 bridgehead atoms. The quantitative estimate of drug-likeness (QED) is 0.438. The van der Waals surface area contributed by atoms with Crippen molar-refractivity contribution in [3.8, 4) is 11.3 Å². The molecule has 1 heterocycles. The number of carbonyl (C=O) groups excluding carboxylic acids is 1. The Balaban J connectivity index is 1.68. The van der Waals surface area contributed by atoms with Gasteiger partial charge >= 0.3 is 6.18 Å². The molecule has 0 radical (unpaired) electrons. The highest BCUT2D eigenvalue weighted by Crippen LogP contribution is 2.35. The summed E-state index contributed by atoms with van der Waals surface area (Å²) in [5, 5.41) is 1.70. The van der Waals surface area contributed by atoms with Gasteiger partial charge in [-0.15, -0.1) is 0 Å². The number of halogens is 4.